The van der Waals surface area contributed by atoms with Crippen molar-refractivity contribution in [3.05, 3.63) is 40.4 Å². The Morgan fingerprint density at radius 2 is 2.21 bits per heavy atom. The van der Waals surface area contributed by atoms with Crippen LogP contribution in [0.3, 0.4) is 0 Å². The second-order valence-electron chi connectivity index (χ2n) is 4.45. The fourth-order valence-corrected chi connectivity index (χ4v) is 2.27. The molecule has 0 radical (unpaired) electrons. The van der Waals surface area contributed by atoms with Gasteiger partial charge in [-0.05, 0) is 23.4 Å². The first-order valence-electron chi connectivity index (χ1n) is 6.33. The summed E-state index contributed by atoms with van der Waals surface area (Å²) in [5.41, 5.74) is 0.569. The number of nitrogens with one attached hydrogen (secondary N) is 2. The second kappa shape index (κ2) is 7.53. The van der Waals surface area contributed by atoms with E-state index in [4.69, 9.17) is 21.9 Å². The molecule has 0 bridgehead atoms. The Morgan fingerprint density at radius 3 is 2.83 bits per heavy atom. The summed E-state index contributed by atoms with van der Waals surface area (Å²) in [6.45, 7) is -0.0683. The minimum absolute atomic E-state index is 0.0363. The zero-order valence-electron chi connectivity index (χ0n) is 11.9. The molecule has 0 spiro atoms. The van der Waals surface area contributed by atoms with Gasteiger partial charge in [0.15, 0.2) is 5.69 Å². The van der Waals surface area contributed by atoms with E-state index in [1.807, 2.05) is 0 Å². The van der Waals surface area contributed by atoms with Crippen LogP contribution in [0.1, 0.15) is 11.4 Å². The summed E-state index contributed by atoms with van der Waals surface area (Å²) < 4.78 is 41.4. The molecule has 24 heavy (non-hydrogen) atoms. The van der Waals surface area contributed by atoms with Crippen molar-refractivity contribution in [2.45, 2.75) is 6.42 Å². The first-order valence-corrected chi connectivity index (χ1v) is 8.26. The fourth-order valence-electron chi connectivity index (χ4n) is 1.70. The molecule has 0 atom stereocenters. The molecule has 2 aromatic rings. The van der Waals surface area contributed by atoms with Crippen LogP contribution in [0.5, 0.6) is 0 Å². The summed E-state index contributed by atoms with van der Waals surface area (Å²) in [7, 11) is -3.85. The highest BCUT2D eigenvalue weighted by molar-refractivity contribution is 7.87. The van der Waals surface area contributed by atoms with Crippen LogP contribution in [-0.4, -0.2) is 36.3 Å². The molecule has 0 fully saturated rings. The molecule has 0 amide bonds. The molecule has 5 N–H and O–H groups in total. The molecule has 13 heteroatoms. The highest BCUT2D eigenvalue weighted by Gasteiger charge is 2.18. The van der Waals surface area contributed by atoms with E-state index >= 15 is 0 Å². The first-order chi connectivity index (χ1) is 11.3. The minimum atomic E-state index is -3.85. The molecule has 1 aromatic carbocycles. The van der Waals surface area contributed by atoms with Crippen molar-refractivity contribution in [1.29, 1.82) is 0 Å². The van der Waals surface area contributed by atoms with E-state index in [1.165, 1.54) is 12.1 Å². The summed E-state index contributed by atoms with van der Waals surface area (Å²) in [6, 6.07) is 3.76. The monoisotopic (exact) mass is 378 g/mol. The lowest BCUT2D eigenvalue weighted by atomic mass is 10.2. The third kappa shape index (κ3) is 4.86. The number of benzene rings is 1. The Balaban J connectivity index is 2.14. The van der Waals surface area contributed by atoms with Gasteiger partial charge >= 0.3 is 0 Å². The van der Waals surface area contributed by atoms with Crippen molar-refractivity contribution in [2.24, 2.45) is 10.3 Å². The van der Waals surface area contributed by atoms with Crippen molar-refractivity contribution in [3.63, 3.8) is 0 Å². The van der Waals surface area contributed by atoms with Gasteiger partial charge in [-0.2, -0.15) is 8.42 Å². The topological polar surface area (TPSA) is 156 Å². The molecule has 0 aliphatic rings. The number of hydrogen-bond acceptors (Lipinski definition) is 7. The van der Waals surface area contributed by atoms with Gasteiger partial charge in [0, 0.05) is 18.7 Å². The average molecular weight is 379 g/mol. The molecule has 130 valence electrons. The van der Waals surface area contributed by atoms with Gasteiger partial charge in [-0.3, -0.25) is 0 Å². The first kappa shape index (κ1) is 18.1. The molecule has 0 aliphatic carbocycles. The lowest BCUT2D eigenvalue weighted by Crippen LogP contribution is -2.32. The standard InChI is InChI=1S/C11H12ClFN6O4S/c12-7-5-6(1-2-8(7)13)16-11(17-20)10-9(18-23-19-10)3-4-15-24(14,21)22/h1-2,5,15,20H,3-4H2,(H,16,17)(H2,14,21,22). The minimum Gasteiger partial charge on any atom is -0.409 e. The molecule has 1 aromatic heterocycles. The molecule has 0 unspecified atom stereocenters. The maximum absolute atomic E-state index is 13.1. The molecule has 0 saturated heterocycles. The van der Waals surface area contributed by atoms with Gasteiger partial charge in [-0.25, -0.2) is 18.9 Å². The van der Waals surface area contributed by atoms with Crippen molar-refractivity contribution in [3.8, 4) is 0 Å². The van der Waals surface area contributed by atoms with Crippen molar-refractivity contribution in [2.75, 3.05) is 11.9 Å². The number of nitrogens with two attached hydrogens (primary N) is 1. The van der Waals surface area contributed by atoms with E-state index < -0.39 is 16.0 Å². The molecular formula is C11H12ClFN6O4S. The summed E-state index contributed by atoms with van der Waals surface area (Å²) in [4.78, 5) is 0. The number of aromatic nitrogens is 2. The summed E-state index contributed by atoms with van der Waals surface area (Å²) in [6.07, 6.45) is 0.0696. The van der Waals surface area contributed by atoms with Crippen molar-refractivity contribution >= 4 is 33.3 Å². The maximum Gasteiger partial charge on any atom is 0.274 e. The molecule has 2 rings (SSSR count). The number of rotatable bonds is 6. The lowest BCUT2D eigenvalue weighted by molar-refractivity contribution is 0.301. The van der Waals surface area contributed by atoms with E-state index in [2.05, 4.69) is 30.1 Å². The van der Waals surface area contributed by atoms with Gasteiger partial charge in [0.25, 0.3) is 10.2 Å². The number of halogens is 2. The number of oxime groups is 1. The van der Waals surface area contributed by atoms with Crippen molar-refractivity contribution in [1.82, 2.24) is 15.0 Å². The molecule has 0 aliphatic heterocycles. The number of amidine groups is 1. The smallest absolute Gasteiger partial charge is 0.274 e. The SMILES string of the molecule is NS(=O)(=O)NCCc1nonc1/C(=N\O)Nc1ccc(F)c(Cl)c1. The highest BCUT2D eigenvalue weighted by Crippen LogP contribution is 2.20. The van der Waals surface area contributed by atoms with Gasteiger partial charge in [0.1, 0.15) is 11.5 Å². The van der Waals surface area contributed by atoms with Crippen LogP contribution in [0.25, 0.3) is 0 Å². The molecular weight excluding hydrogens is 367 g/mol. The van der Waals surface area contributed by atoms with Crippen LogP contribution in [0.4, 0.5) is 10.1 Å². The quantitative estimate of drug-likeness (QED) is 0.246. The Bertz CT molecular complexity index is 856. The van der Waals surface area contributed by atoms with Crippen molar-refractivity contribution < 1.29 is 22.6 Å². The Labute approximate surface area is 140 Å². The Morgan fingerprint density at radius 1 is 1.46 bits per heavy atom. The van der Waals surface area contributed by atoms with Crippen LogP contribution in [0.15, 0.2) is 28.0 Å². The molecule has 1 heterocycles. The number of nitrogens with zero attached hydrogens (tertiary/aromatic N) is 3. The second-order valence-corrected chi connectivity index (χ2v) is 6.24. The summed E-state index contributed by atoms with van der Waals surface area (Å²) >= 11 is 5.67. The third-order valence-electron chi connectivity index (χ3n) is 2.73. The van der Waals surface area contributed by atoms with Gasteiger partial charge in [0.05, 0.1) is 5.02 Å². The van der Waals surface area contributed by atoms with Crippen LogP contribution in [0.2, 0.25) is 5.02 Å². The predicted octanol–water partition coefficient (Wildman–Crippen LogP) is 0.446. The summed E-state index contributed by atoms with van der Waals surface area (Å²) in [5, 5.41) is 26.7. The van der Waals surface area contributed by atoms with Gasteiger partial charge in [-0.1, -0.05) is 21.9 Å². The van der Waals surface area contributed by atoms with Crippen LogP contribution >= 0.6 is 11.6 Å². The van der Waals surface area contributed by atoms with E-state index in [-0.39, 0.29) is 35.2 Å². The third-order valence-corrected chi connectivity index (χ3v) is 3.62. The van der Waals surface area contributed by atoms with Crippen LogP contribution < -0.4 is 15.2 Å². The normalized spacial score (nSPS) is 12.4. The largest absolute Gasteiger partial charge is 0.409 e. The summed E-state index contributed by atoms with van der Waals surface area (Å²) in [5.74, 6) is -0.757. The average Bonchev–Trinajstić information content (AvgIpc) is 2.95. The molecule has 0 saturated carbocycles. The zero-order chi connectivity index (χ0) is 17.7. The van der Waals surface area contributed by atoms with Crippen LogP contribution in [0, 0.1) is 5.82 Å². The maximum atomic E-state index is 13.1. The number of hydrogen-bond donors (Lipinski definition) is 4. The Kier molecular flexibility index (Phi) is 5.66. The van der Waals surface area contributed by atoms with Gasteiger partial charge in [-0.15, -0.1) is 0 Å². The van der Waals surface area contributed by atoms with Gasteiger partial charge in [0.2, 0.25) is 5.84 Å². The zero-order valence-corrected chi connectivity index (χ0v) is 13.5. The van der Waals surface area contributed by atoms with E-state index in [9.17, 15) is 12.8 Å². The fraction of sp³-hybridized carbons (Fsp3) is 0.182. The predicted molar refractivity (Wildman–Crippen MR) is 82.5 cm³/mol. The number of anilines is 1. The van der Waals surface area contributed by atoms with E-state index in [0.29, 0.717) is 5.69 Å². The van der Waals surface area contributed by atoms with E-state index in [1.54, 1.807) is 0 Å². The van der Waals surface area contributed by atoms with Crippen LogP contribution in [-0.2, 0) is 16.6 Å². The lowest BCUT2D eigenvalue weighted by Gasteiger charge is -2.07. The van der Waals surface area contributed by atoms with E-state index in [0.717, 1.165) is 6.07 Å². The van der Waals surface area contributed by atoms with Gasteiger partial charge < -0.3 is 10.5 Å². The Hall–Kier alpha value is -2.28. The molecule has 10 nitrogen and oxygen atoms in total. The highest BCUT2D eigenvalue weighted by atomic mass is 35.5.